The van der Waals surface area contributed by atoms with E-state index >= 15 is 0 Å². The highest BCUT2D eigenvalue weighted by Crippen LogP contribution is 2.14. The molecule has 0 aliphatic carbocycles. The molecule has 120 valence electrons. The number of sulfonamides is 1. The highest BCUT2D eigenvalue weighted by atomic mass is 32.2. The third-order valence-corrected chi connectivity index (χ3v) is 5.57. The molecule has 1 N–H and O–H groups in total. The number of nitrogens with one attached hydrogen (secondary N) is 1. The van der Waals surface area contributed by atoms with Crippen molar-refractivity contribution >= 4 is 27.4 Å². The van der Waals surface area contributed by atoms with Crippen molar-refractivity contribution in [1.29, 1.82) is 0 Å². The summed E-state index contributed by atoms with van der Waals surface area (Å²) in [5, 5.41) is 2.70. The predicted octanol–water partition coefficient (Wildman–Crippen LogP) is 1.64. The topological polar surface area (TPSA) is 83.6 Å². The molecular formula is C15H20N2O4S. The number of carbonyl (C=O) groups is 2. The lowest BCUT2D eigenvalue weighted by Crippen LogP contribution is -2.39. The Morgan fingerprint density at radius 3 is 2.45 bits per heavy atom. The van der Waals surface area contributed by atoms with E-state index in [9.17, 15) is 18.0 Å². The Morgan fingerprint density at radius 2 is 1.86 bits per heavy atom. The molecule has 22 heavy (non-hydrogen) atoms. The number of carbonyl (C=O) groups excluding carboxylic acids is 2. The highest BCUT2D eigenvalue weighted by molar-refractivity contribution is 7.89. The van der Waals surface area contributed by atoms with Gasteiger partial charge in [0.2, 0.25) is 15.9 Å². The summed E-state index contributed by atoms with van der Waals surface area (Å²) in [5.41, 5.74) is 1.17. The van der Waals surface area contributed by atoms with Crippen molar-refractivity contribution in [3.8, 4) is 0 Å². The molecule has 0 radical (unpaired) electrons. The normalized spacial score (nSPS) is 17.9. The number of ketones is 1. The van der Waals surface area contributed by atoms with Crippen molar-refractivity contribution < 1.29 is 18.0 Å². The van der Waals surface area contributed by atoms with E-state index in [1.807, 2.05) is 0 Å². The number of hydrogen-bond acceptors (Lipinski definition) is 4. The van der Waals surface area contributed by atoms with Crippen LogP contribution in [0, 0.1) is 0 Å². The Kier molecular flexibility index (Phi) is 5.31. The van der Waals surface area contributed by atoms with Crippen LogP contribution in [0.4, 0.5) is 5.69 Å². The molecule has 1 amide bonds. The van der Waals surface area contributed by atoms with Crippen molar-refractivity contribution in [1.82, 2.24) is 4.31 Å². The molecule has 0 aromatic heterocycles. The molecule has 1 saturated heterocycles. The molecule has 6 nitrogen and oxygen atoms in total. The van der Waals surface area contributed by atoms with Crippen molar-refractivity contribution in [3.05, 3.63) is 29.8 Å². The zero-order chi connectivity index (χ0) is 16.2. The van der Waals surface area contributed by atoms with E-state index in [4.69, 9.17) is 0 Å². The zero-order valence-corrected chi connectivity index (χ0v) is 13.4. The van der Waals surface area contributed by atoms with Gasteiger partial charge in [0.1, 0.15) is 0 Å². The molecule has 1 aliphatic heterocycles. The number of benzene rings is 1. The second-order valence-electron chi connectivity index (χ2n) is 5.35. The lowest BCUT2D eigenvalue weighted by molar-refractivity contribution is -0.116. The molecule has 0 spiro atoms. The largest absolute Gasteiger partial charge is 0.326 e. The Morgan fingerprint density at radius 1 is 1.18 bits per heavy atom. The smallest absolute Gasteiger partial charge is 0.225 e. The molecule has 1 aromatic rings. The van der Waals surface area contributed by atoms with Gasteiger partial charge in [-0.2, -0.15) is 0 Å². The fourth-order valence-electron chi connectivity index (χ4n) is 2.33. The maximum Gasteiger partial charge on any atom is 0.225 e. The van der Waals surface area contributed by atoms with Gasteiger partial charge in [0.15, 0.2) is 5.78 Å². The number of hydrogen-bond donors (Lipinski definition) is 1. The van der Waals surface area contributed by atoms with E-state index in [0.29, 0.717) is 24.2 Å². The summed E-state index contributed by atoms with van der Waals surface area (Å²) in [4.78, 5) is 23.1. The average Bonchev–Trinajstić information content (AvgIpc) is 2.46. The van der Waals surface area contributed by atoms with Gasteiger partial charge in [-0.3, -0.25) is 9.59 Å². The van der Waals surface area contributed by atoms with Gasteiger partial charge >= 0.3 is 0 Å². The van der Waals surface area contributed by atoms with Gasteiger partial charge < -0.3 is 5.32 Å². The third kappa shape index (κ3) is 4.38. The van der Waals surface area contributed by atoms with E-state index in [0.717, 1.165) is 6.42 Å². The summed E-state index contributed by atoms with van der Waals surface area (Å²) in [5.74, 6) is -0.106. The van der Waals surface area contributed by atoms with Gasteiger partial charge in [0.05, 0.1) is 5.75 Å². The average molecular weight is 324 g/mol. The quantitative estimate of drug-likeness (QED) is 0.835. The van der Waals surface area contributed by atoms with Crippen LogP contribution in [0.25, 0.3) is 0 Å². The third-order valence-electron chi connectivity index (χ3n) is 3.62. The van der Waals surface area contributed by atoms with E-state index in [-0.39, 0.29) is 30.4 Å². The molecule has 0 saturated carbocycles. The molecule has 0 atom stereocenters. The van der Waals surface area contributed by atoms with E-state index in [1.165, 1.54) is 11.2 Å². The first-order valence-corrected chi connectivity index (χ1v) is 8.88. The number of Topliss-reactive ketones (excluding diaryl/α,β-unsaturated/α-hetero) is 1. The second-order valence-corrected chi connectivity index (χ2v) is 7.44. The maximum absolute atomic E-state index is 11.9. The Bertz CT molecular complexity index is 653. The molecule has 1 heterocycles. The summed E-state index contributed by atoms with van der Waals surface area (Å²) in [6, 6.07) is 6.61. The van der Waals surface area contributed by atoms with Crippen molar-refractivity contribution in [2.45, 2.75) is 26.2 Å². The van der Waals surface area contributed by atoms with Crippen LogP contribution in [0.2, 0.25) is 0 Å². The first kappa shape index (κ1) is 16.6. The van der Waals surface area contributed by atoms with Crippen LogP contribution in [0.5, 0.6) is 0 Å². The van der Waals surface area contributed by atoms with Gasteiger partial charge in [0.25, 0.3) is 0 Å². The zero-order valence-electron chi connectivity index (χ0n) is 12.5. The SMILES string of the molecule is CC(=O)c1ccc(NC(=O)CCN2CCCCS2(=O)=O)cc1. The molecule has 1 aromatic carbocycles. The van der Waals surface area contributed by atoms with E-state index < -0.39 is 10.0 Å². The molecule has 7 heteroatoms. The Balaban J connectivity index is 1.86. The lowest BCUT2D eigenvalue weighted by atomic mass is 10.1. The highest BCUT2D eigenvalue weighted by Gasteiger charge is 2.25. The summed E-state index contributed by atoms with van der Waals surface area (Å²) in [6.45, 7) is 2.18. The van der Waals surface area contributed by atoms with Crippen LogP contribution in [0.3, 0.4) is 0 Å². The summed E-state index contributed by atoms with van der Waals surface area (Å²) in [7, 11) is -3.19. The van der Waals surface area contributed by atoms with Crippen LogP contribution >= 0.6 is 0 Å². The molecule has 0 unspecified atom stereocenters. The van der Waals surface area contributed by atoms with Gasteiger partial charge in [-0.05, 0) is 44.0 Å². The maximum atomic E-state index is 11.9. The van der Waals surface area contributed by atoms with Crippen molar-refractivity contribution in [3.63, 3.8) is 0 Å². The van der Waals surface area contributed by atoms with Crippen molar-refractivity contribution in [2.75, 3.05) is 24.2 Å². The van der Waals surface area contributed by atoms with Crippen LogP contribution in [-0.4, -0.2) is 43.3 Å². The van der Waals surface area contributed by atoms with E-state index in [2.05, 4.69) is 5.32 Å². The summed E-state index contributed by atoms with van der Waals surface area (Å²) >= 11 is 0. The van der Waals surface area contributed by atoms with Crippen LogP contribution in [0.1, 0.15) is 36.5 Å². The molecular weight excluding hydrogens is 304 g/mol. The minimum absolute atomic E-state index is 0.0341. The molecule has 1 aliphatic rings. The number of anilines is 1. The van der Waals surface area contributed by atoms with Crippen LogP contribution in [-0.2, 0) is 14.8 Å². The fourth-order valence-corrected chi connectivity index (χ4v) is 3.93. The van der Waals surface area contributed by atoms with E-state index in [1.54, 1.807) is 24.3 Å². The van der Waals surface area contributed by atoms with Crippen LogP contribution in [0.15, 0.2) is 24.3 Å². The van der Waals surface area contributed by atoms with Gasteiger partial charge in [-0.25, -0.2) is 12.7 Å². The fraction of sp³-hybridized carbons (Fsp3) is 0.467. The minimum atomic E-state index is -3.19. The van der Waals surface area contributed by atoms with Gasteiger partial charge in [0, 0.05) is 30.8 Å². The minimum Gasteiger partial charge on any atom is -0.326 e. The van der Waals surface area contributed by atoms with Crippen LogP contribution < -0.4 is 5.32 Å². The first-order valence-electron chi connectivity index (χ1n) is 7.27. The molecule has 0 bridgehead atoms. The molecule has 1 fully saturated rings. The number of rotatable bonds is 5. The Hall–Kier alpha value is -1.73. The lowest BCUT2D eigenvalue weighted by Gasteiger charge is -2.25. The molecule has 2 rings (SSSR count). The number of nitrogens with zero attached hydrogens (tertiary/aromatic N) is 1. The second kappa shape index (κ2) is 7.02. The standard InChI is InChI=1S/C15H20N2O4S/c1-12(18)13-4-6-14(7-5-13)16-15(19)8-10-17-9-2-3-11-22(17,20)21/h4-7H,2-3,8-11H2,1H3,(H,16,19). The summed E-state index contributed by atoms with van der Waals surface area (Å²) in [6.07, 6.45) is 1.65. The van der Waals surface area contributed by atoms with Crippen molar-refractivity contribution in [2.24, 2.45) is 0 Å². The number of amides is 1. The van der Waals surface area contributed by atoms with Gasteiger partial charge in [-0.15, -0.1) is 0 Å². The van der Waals surface area contributed by atoms with Gasteiger partial charge in [-0.1, -0.05) is 0 Å². The predicted molar refractivity (Wildman–Crippen MR) is 84.3 cm³/mol. The Labute approximate surface area is 130 Å². The summed E-state index contributed by atoms with van der Waals surface area (Å²) < 4.78 is 25.0. The monoisotopic (exact) mass is 324 g/mol. The first-order chi connectivity index (χ1) is 10.4.